The average molecular weight is 1070 g/mol. The van der Waals surface area contributed by atoms with E-state index in [1.165, 1.54) is 25.7 Å². The van der Waals surface area contributed by atoms with Crippen LogP contribution in [0.1, 0.15) is 219 Å². The summed E-state index contributed by atoms with van der Waals surface area (Å²) in [6.45, 7) is 3.86. The van der Waals surface area contributed by atoms with Gasteiger partial charge in [-0.25, -0.2) is 0 Å². The maximum Gasteiger partial charge on any atom is 0.306 e. The van der Waals surface area contributed by atoms with Gasteiger partial charge in [0.05, 0.1) is 6.61 Å². The highest BCUT2D eigenvalue weighted by molar-refractivity contribution is 5.70. The molecule has 0 aromatic rings. The van der Waals surface area contributed by atoms with Crippen LogP contribution in [0, 0.1) is 0 Å². The smallest absolute Gasteiger partial charge is 0.306 e. The molecule has 0 heterocycles. The number of hydrogen-bond acceptors (Lipinski definition) is 5. The molecule has 0 amide bonds. The summed E-state index contributed by atoms with van der Waals surface area (Å²) in [6.07, 6.45) is 107. The van der Waals surface area contributed by atoms with E-state index in [-0.39, 0.29) is 25.2 Å². The van der Waals surface area contributed by atoms with Gasteiger partial charge in [0.25, 0.3) is 0 Å². The first-order valence-corrected chi connectivity index (χ1v) is 30.6. The van der Waals surface area contributed by atoms with Crippen LogP contribution >= 0.6 is 0 Å². The Morgan fingerprint density at radius 3 is 0.769 bits per heavy atom. The molecule has 0 saturated heterocycles. The van der Waals surface area contributed by atoms with Crippen molar-refractivity contribution in [3.8, 4) is 0 Å². The van der Waals surface area contributed by atoms with E-state index < -0.39 is 6.10 Å². The Morgan fingerprint density at radius 2 is 0.513 bits per heavy atom. The molecule has 0 aliphatic carbocycles. The third-order valence-corrected chi connectivity index (χ3v) is 12.1. The van der Waals surface area contributed by atoms with Crippen molar-refractivity contribution >= 4 is 11.9 Å². The number of esters is 2. The summed E-state index contributed by atoms with van der Waals surface area (Å²) in [5, 5.41) is 9.67. The Kier molecular flexibility index (Phi) is 61.1. The Bertz CT molecular complexity index is 1880. The van der Waals surface area contributed by atoms with Gasteiger partial charge >= 0.3 is 11.9 Å². The molecule has 0 rings (SSSR count). The lowest BCUT2D eigenvalue weighted by atomic mass is 10.1. The van der Waals surface area contributed by atoms with E-state index in [0.29, 0.717) is 12.8 Å². The van der Waals surface area contributed by atoms with E-state index in [1.807, 2.05) is 0 Å². The third kappa shape index (κ3) is 63.0. The lowest BCUT2D eigenvalue weighted by Crippen LogP contribution is -2.28. The average Bonchev–Trinajstić information content (AvgIpc) is 3.44. The number of carbonyl (C=O) groups is 2. The first-order valence-electron chi connectivity index (χ1n) is 30.6. The summed E-state index contributed by atoms with van der Waals surface area (Å²) in [6, 6.07) is 0. The number of ether oxygens (including phenoxy) is 2. The van der Waals surface area contributed by atoms with Gasteiger partial charge in [-0.05, 0) is 148 Å². The van der Waals surface area contributed by atoms with Crippen molar-refractivity contribution in [1.29, 1.82) is 0 Å². The lowest BCUT2D eigenvalue weighted by Gasteiger charge is -2.15. The quantitative estimate of drug-likeness (QED) is 0.0373. The summed E-state index contributed by atoms with van der Waals surface area (Å²) in [5.74, 6) is -0.650. The summed E-state index contributed by atoms with van der Waals surface area (Å²) in [5.41, 5.74) is 0. The fourth-order valence-electron chi connectivity index (χ4n) is 7.56. The molecule has 0 radical (unpaired) electrons. The molecule has 0 aliphatic rings. The highest BCUT2D eigenvalue weighted by atomic mass is 16.6. The number of unbranched alkanes of at least 4 members (excludes halogenated alkanes) is 11. The highest BCUT2D eigenvalue weighted by Crippen LogP contribution is 2.12. The van der Waals surface area contributed by atoms with Gasteiger partial charge in [0.15, 0.2) is 6.10 Å². The SMILES string of the molecule is CC/C=C\C/C=C\C/C=C\C/C=C\C/C=C\C/C=C\C/C=C\C/C=C\C/C=C\C/C=C\CCCCCCC(=O)OC(CO)COC(=O)CCCCCCCCC/C=C\C/C=C\C/C=C\C/C=C\C/C=C\C/C=C\C/C=C\CC. The van der Waals surface area contributed by atoms with Gasteiger partial charge in [0.2, 0.25) is 0 Å². The maximum atomic E-state index is 12.3. The van der Waals surface area contributed by atoms with E-state index in [2.05, 4.69) is 220 Å². The molecule has 0 aromatic carbocycles. The van der Waals surface area contributed by atoms with Crippen LogP contribution in [0.2, 0.25) is 0 Å². The number of aliphatic hydroxyl groups excluding tert-OH is 1. The van der Waals surface area contributed by atoms with Crippen LogP contribution in [0.15, 0.2) is 207 Å². The summed E-state index contributed by atoms with van der Waals surface area (Å²) >= 11 is 0. The molecular formula is C73H110O5. The topological polar surface area (TPSA) is 72.8 Å². The van der Waals surface area contributed by atoms with Crippen molar-refractivity contribution in [1.82, 2.24) is 0 Å². The van der Waals surface area contributed by atoms with Gasteiger partial charge in [-0.3, -0.25) is 9.59 Å². The van der Waals surface area contributed by atoms with E-state index in [4.69, 9.17) is 9.47 Å². The Labute approximate surface area is 479 Å². The van der Waals surface area contributed by atoms with Gasteiger partial charge in [-0.1, -0.05) is 265 Å². The Hall–Kier alpha value is -5.52. The van der Waals surface area contributed by atoms with E-state index >= 15 is 0 Å². The lowest BCUT2D eigenvalue weighted by molar-refractivity contribution is -0.161. The second kappa shape index (κ2) is 65.8. The number of allylic oxidation sites excluding steroid dienone is 34. The first-order chi connectivity index (χ1) is 38.6. The van der Waals surface area contributed by atoms with Crippen LogP contribution in [0.3, 0.4) is 0 Å². The number of aliphatic hydroxyl groups is 1. The summed E-state index contributed by atoms with van der Waals surface area (Å²) in [7, 11) is 0. The van der Waals surface area contributed by atoms with Gasteiger partial charge in [-0.2, -0.15) is 0 Å². The minimum atomic E-state index is -0.810. The molecule has 5 nitrogen and oxygen atoms in total. The minimum Gasteiger partial charge on any atom is -0.462 e. The number of carbonyl (C=O) groups excluding carboxylic acids is 2. The highest BCUT2D eigenvalue weighted by Gasteiger charge is 2.16. The molecule has 78 heavy (non-hydrogen) atoms. The van der Waals surface area contributed by atoms with Gasteiger partial charge in [0.1, 0.15) is 6.61 Å². The van der Waals surface area contributed by atoms with Gasteiger partial charge in [0, 0.05) is 12.8 Å². The Morgan fingerprint density at radius 1 is 0.295 bits per heavy atom. The first kappa shape index (κ1) is 72.5. The molecule has 0 bridgehead atoms. The molecule has 1 N–H and O–H groups in total. The molecule has 1 unspecified atom stereocenters. The maximum absolute atomic E-state index is 12.3. The van der Waals surface area contributed by atoms with Crippen molar-refractivity contribution in [2.24, 2.45) is 0 Å². The Balaban J connectivity index is 3.69. The fourth-order valence-corrected chi connectivity index (χ4v) is 7.56. The molecule has 1 atom stereocenters. The normalized spacial score (nSPS) is 13.7. The molecule has 0 aromatic heterocycles. The van der Waals surface area contributed by atoms with Crippen LogP contribution in [0.5, 0.6) is 0 Å². The molecule has 0 spiro atoms. The molecule has 0 aliphatic heterocycles. The number of rotatable bonds is 53. The minimum absolute atomic E-state index is 0.0976. The van der Waals surface area contributed by atoms with Crippen molar-refractivity contribution in [2.75, 3.05) is 13.2 Å². The molecule has 5 heteroatoms. The molecular weight excluding hydrogens is 957 g/mol. The molecule has 432 valence electrons. The van der Waals surface area contributed by atoms with Crippen LogP contribution in [-0.2, 0) is 19.1 Å². The van der Waals surface area contributed by atoms with E-state index in [1.54, 1.807) is 0 Å². The van der Waals surface area contributed by atoms with Crippen LogP contribution in [0.25, 0.3) is 0 Å². The number of hydrogen-bond donors (Lipinski definition) is 1. The van der Waals surface area contributed by atoms with E-state index in [9.17, 15) is 14.7 Å². The van der Waals surface area contributed by atoms with Crippen molar-refractivity contribution in [3.05, 3.63) is 207 Å². The van der Waals surface area contributed by atoms with Crippen LogP contribution in [0.4, 0.5) is 0 Å². The zero-order valence-electron chi connectivity index (χ0n) is 49.3. The zero-order valence-corrected chi connectivity index (χ0v) is 49.3. The molecule has 0 saturated carbocycles. The van der Waals surface area contributed by atoms with Gasteiger partial charge in [-0.15, -0.1) is 0 Å². The predicted octanol–water partition coefficient (Wildman–Crippen LogP) is 21.4. The fraction of sp³-hybridized carbons (Fsp3) is 0.507. The van der Waals surface area contributed by atoms with E-state index in [0.717, 1.165) is 167 Å². The zero-order chi connectivity index (χ0) is 56.2. The summed E-state index contributed by atoms with van der Waals surface area (Å²) < 4.78 is 10.7. The van der Waals surface area contributed by atoms with Crippen LogP contribution < -0.4 is 0 Å². The van der Waals surface area contributed by atoms with Crippen LogP contribution in [-0.4, -0.2) is 36.4 Å². The second-order valence-corrected chi connectivity index (χ2v) is 19.3. The summed E-state index contributed by atoms with van der Waals surface area (Å²) in [4.78, 5) is 24.6. The largest absolute Gasteiger partial charge is 0.462 e. The monoisotopic (exact) mass is 1070 g/mol. The predicted molar refractivity (Wildman–Crippen MR) is 342 cm³/mol. The standard InChI is InChI=1S/C73H110O5/c1-3-5-7-9-11-13-15-17-19-21-23-25-27-29-31-33-34-35-36-37-38-40-42-44-46-48-50-52-54-56-58-60-62-64-66-68-73(76)78-71(69-74)70-77-72(75)67-65-63-61-59-57-55-53-51-49-47-45-43-41-39-32-30-28-26-24-22-20-18-16-14-12-10-8-6-4-2/h5-8,11-14,17-20,23-26,29-32,34-35,37-38,41-44,47-50,54,56,71,74H,3-4,9-10,15-16,21-22,27-28,33,36,39-40,45-46,51-53,55,57-70H2,1-2H3/b7-5-,8-6-,13-11-,14-12-,19-17-,20-18-,25-23-,26-24-,31-29-,32-30-,35-34-,38-37-,43-41-,44-42-,49-47-,50-48-,56-54-. The van der Waals surface area contributed by atoms with Crippen molar-refractivity contribution in [3.63, 3.8) is 0 Å². The van der Waals surface area contributed by atoms with Crippen molar-refractivity contribution < 1.29 is 24.2 Å². The third-order valence-electron chi connectivity index (χ3n) is 12.1. The van der Waals surface area contributed by atoms with Crippen molar-refractivity contribution in [2.45, 2.75) is 225 Å². The van der Waals surface area contributed by atoms with Gasteiger partial charge < -0.3 is 14.6 Å². The second-order valence-electron chi connectivity index (χ2n) is 19.3. The molecule has 0 fully saturated rings.